The molecule has 2 rings (SSSR count). The number of piperidine rings is 1. The minimum atomic E-state index is -0.0699. The van der Waals surface area contributed by atoms with Gasteiger partial charge in [-0.2, -0.15) is 0 Å². The summed E-state index contributed by atoms with van der Waals surface area (Å²) in [6, 6.07) is 0. The van der Waals surface area contributed by atoms with Crippen LogP contribution in [-0.4, -0.2) is 35.7 Å². The van der Waals surface area contributed by atoms with E-state index in [2.05, 4.69) is 11.8 Å². The van der Waals surface area contributed by atoms with E-state index < -0.39 is 0 Å². The molecule has 1 saturated carbocycles. The van der Waals surface area contributed by atoms with E-state index >= 15 is 0 Å². The molecule has 1 heterocycles. The van der Waals surface area contributed by atoms with Crippen molar-refractivity contribution in [2.75, 3.05) is 19.6 Å². The van der Waals surface area contributed by atoms with Crippen LogP contribution in [0.1, 0.15) is 71.1 Å². The zero-order valence-electron chi connectivity index (χ0n) is 12.2. The maximum Gasteiger partial charge on any atom is 0.0538 e. The van der Waals surface area contributed by atoms with Gasteiger partial charge < -0.3 is 10.0 Å². The first-order valence-electron chi connectivity index (χ1n) is 8.14. The molecule has 1 aliphatic carbocycles. The monoisotopic (exact) mass is 253 g/mol. The van der Waals surface area contributed by atoms with Gasteiger partial charge in [0.1, 0.15) is 0 Å². The zero-order valence-corrected chi connectivity index (χ0v) is 12.2. The Balaban J connectivity index is 1.64. The molecule has 0 amide bonds. The molecule has 2 heteroatoms. The van der Waals surface area contributed by atoms with Crippen LogP contribution in [-0.2, 0) is 0 Å². The molecule has 1 spiro atoms. The number of nitrogens with zero attached hydrogens (tertiary/aromatic N) is 1. The minimum absolute atomic E-state index is 0.0699. The summed E-state index contributed by atoms with van der Waals surface area (Å²) in [4.78, 5) is 2.63. The maximum absolute atomic E-state index is 9.57. The highest BCUT2D eigenvalue weighted by molar-refractivity contribution is 4.88. The predicted molar refractivity (Wildman–Crippen MR) is 76.7 cm³/mol. The van der Waals surface area contributed by atoms with Crippen molar-refractivity contribution in [2.45, 2.75) is 77.2 Å². The molecule has 1 atom stereocenters. The predicted octanol–water partition coefficient (Wildman–Crippen LogP) is 3.58. The zero-order chi connectivity index (χ0) is 12.8. The Morgan fingerprint density at radius 2 is 1.72 bits per heavy atom. The lowest BCUT2D eigenvalue weighted by atomic mass is 9.68. The normalized spacial score (nSPS) is 26.3. The van der Waals surface area contributed by atoms with Crippen molar-refractivity contribution < 1.29 is 5.11 Å². The van der Waals surface area contributed by atoms with Gasteiger partial charge in [-0.25, -0.2) is 0 Å². The molecule has 2 nitrogen and oxygen atoms in total. The van der Waals surface area contributed by atoms with Crippen molar-refractivity contribution in [3.8, 4) is 0 Å². The van der Waals surface area contributed by atoms with Gasteiger partial charge in [-0.15, -0.1) is 0 Å². The first kappa shape index (κ1) is 14.3. The van der Waals surface area contributed by atoms with Crippen molar-refractivity contribution in [1.29, 1.82) is 0 Å². The van der Waals surface area contributed by atoms with Crippen LogP contribution in [0.25, 0.3) is 0 Å². The van der Waals surface area contributed by atoms with Crippen LogP contribution in [0.5, 0.6) is 0 Å². The third-order valence-electron chi connectivity index (χ3n) is 5.31. The van der Waals surface area contributed by atoms with Crippen LogP contribution in [0.2, 0.25) is 0 Å². The van der Waals surface area contributed by atoms with Gasteiger partial charge in [0.25, 0.3) is 0 Å². The number of hydrogen-bond acceptors (Lipinski definition) is 2. The Kier molecular flexibility index (Phi) is 5.50. The Morgan fingerprint density at radius 1 is 1.06 bits per heavy atom. The average Bonchev–Trinajstić information content (AvgIpc) is 2.42. The lowest BCUT2D eigenvalue weighted by molar-refractivity contribution is 0.0639. The molecular weight excluding hydrogens is 222 g/mol. The molecular formula is C16H31NO. The highest BCUT2D eigenvalue weighted by atomic mass is 16.3. The van der Waals surface area contributed by atoms with E-state index in [0.29, 0.717) is 0 Å². The van der Waals surface area contributed by atoms with Crippen molar-refractivity contribution in [1.82, 2.24) is 4.90 Å². The Hall–Kier alpha value is -0.0800. The van der Waals surface area contributed by atoms with E-state index in [1.54, 1.807) is 0 Å². The number of aliphatic hydroxyl groups is 1. The minimum Gasteiger partial charge on any atom is -0.393 e. The van der Waals surface area contributed by atoms with Crippen LogP contribution >= 0.6 is 0 Å². The second kappa shape index (κ2) is 6.91. The molecule has 0 radical (unpaired) electrons. The third-order valence-corrected chi connectivity index (χ3v) is 5.31. The van der Waals surface area contributed by atoms with Gasteiger partial charge >= 0.3 is 0 Å². The summed E-state index contributed by atoms with van der Waals surface area (Å²) in [5.41, 5.74) is 0.734. The summed E-state index contributed by atoms with van der Waals surface area (Å²) < 4.78 is 0. The lowest BCUT2D eigenvalue weighted by Gasteiger charge is -2.44. The summed E-state index contributed by atoms with van der Waals surface area (Å²) in [7, 11) is 0. The summed E-state index contributed by atoms with van der Waals surface area (Å²) in [5.74, 6) is 0. The summed E-state index contributed by atoms with van der Waals surface area (Å²) >= 11 is 0. The molecule has 1 aliphatic heterocycles. The lowest BCUT2D eigenvalue weighted by Crippen LogP contribution is -2.41. The van der Waals surface area contributed by atoms with Crippen LogP contribution in [0, 0.1) is 5.41 Å². The number of rotatable bonds is 5. The molecule has 18 heavy (non-hydrogen) atoms. The Bertz CT molecular complexity index is 225. The fourth-order valence-corrected chi connectivity index (χ4v) is 3.81. The molecule has 1 saturated heterocycles. The van der Waals surface area contributed by atoms with Crippen LogP contribution in [0.4, 0.5) is 0 Å². The quantitative estimate of drug-likeness (QED) is 0.809. The van der Waals surface area contributed by atoms with Crippen molar-refractivity contribution in [3.05, 3.63) is 0 Å². The topological polar surface area (TPSA) is 23.5 Å². The molecule has 1 unspecified atom stereocenters. The van der Waals surface area contributed by atoms with E-state index in [-0.39, 0.29) is 6.10 Å². The highest BCUT2D eigenvalue weighted by Gasteiger charge is 2.35. The van der Waals surface area contributed by atoms with Crippen LogP contribution in [0.3, 0.4) is 0 Å². The number of hydrogen-bond donors (Lipinski definition) is 1. The van der Waals surface area contributed by atoms with Crippen molar-refractivity contribution in [2.24, 2.45) is 5.41 Å². The van der Waals surface area contributed by atoms with E-state index in [0.717, 1.165) is 18.3 Å². The van der Waals surface area contributed by atoms with Gasteiger partial charge in [0.2, 0.25) is 0 Å². The first-order chi connectivity index (χ1) is 8.74. The number of aliphatic hydroxyl groups excluding tert-OH is 1. The average molecular weight is 253 g/mol. The standard InChI is InChI=1S/C16H31NO/c1-2-15(18)7-6-12-17-13-10-16(11-14-17)8-4-3-5-9-16/h15,18H,2-14H2,1H3. The largest absolute Gasteiger partial charge is 0.393 e. The van der Waals surface area contributed by atoms with E-state index in [4.69, 9.17) is 0 Å². The fourth-order valence-electron chi connectivity index (χ4n) is 3.81. The second-order valence-corrected chi connectivity index (χ2v) is 6.61. The molecule has 0 aromatic carbocycles. The third kappa shape index (κ3) is 3.96. The SMILES string of the molecule is CCC(O)CCCN1CCC2(CCCCC2)CC1. The van der Waals surface area contributed by atoms with Gasteiger partial charge in [0.15, 0.2) is 0 Å². The second-order valence-electron chi connectivity index (χ2n) is 6.61. The molecule has 2 fully saturated rings. The fraction of sp³-hybridized carbons (Fsp3) is 1.00. The molecule has 0 aromatic heterocycles. The highest BCUT2D eigenvalue weighted by Crippen LogP contribution is 2.44. The maximum atomic E-state index is 9.57. The molecule has 0 bridgehead atoms. The van der Waals surface area contributed by atoms with Gasteiger partial charge in [-0.3, -0.25) is 0 Å². The van der Waals surface area contributed by atoms with Gasteiger partial charge in [0, 0.05) is 0 Å². The van der Waals surface area contributed by atoms with Crippen LogP contribution < -0.4 is 0 Å². The molecule has 2 aliphatic rings. The van der Waals surface area contributed by atoms with Gasteiger partial charge in [-0.05, 0) is 70.0 Å². The van der Waals surface area contributed by atoms with Crippen LogP contribution in [0.15, 0.2) is 0 Å². The Morgan fingerprint density at radius 3 is 2.33 bits per heavy atom. The Labute approximate surface area is 113 Å². The molecule has 1 N–H and O–H groups in total. The molecule has 106 valence electrons. The van der Waals surface area contributed by atoms with Crippen molar-refractivity contribution in [3.63, 3.8) is 0 Å². The smallest absolute Gasteiger partial charge is 0.0538 e. The first-order valence-corrected chi connectivity index (χ1v) is 8.14. The van der Waals surface area contributed by atoms with E-state index in [1.807, 2.05) is 0 Å². The molecule has 0 aromatic rings. The van der Waals surface area contributed by atoms with Gasteiger partial charge in [0.05, 0.1) is 6.10 Å². The number of likely N-dealkylation sites (tertiary alicyclic amines) is 1. The van der Waals surface area contributed by atoms with Gasteiger partial charge in [-0.1, -0.05) is 26.2 Å². The van der Waals surface area contributed by atoms with Crippen molar-refractivity contribution >= 4 is 0 Å². The summed E-state index contributed by atoms with van der Waals surface area (Å²) in [6.45, 7) is 5.88. The van der Waals surface area contributed by atoms with E-state index in [1.165, 1.54) is 71.0 Å². The summed E-state index contributed by atoms with van der Waals surface area (Å²) in [5, 5.41) is 9.57. The van der Waals surface area contributed by atoms with E-state index in [9.17, 15) is 5.11 Å². The summed E-state index contributed by atoms with van der Waals surface area (Å²) in [6.07, 6.45) is 13.3.